The maximum absolute atomic E-state index is 12.5. The molecule has 0 radical (unpaired) electrons. The molecule has 0 N–H and O–H groups in total. The van der Waals surface area contributed by atoms with Crippen molar-refractivity contribution in [3.05, 3.63) is 0 Å². The van der Waals surface area contributed by atoms with Crippen LogP contribution in [0.15, 0.2) is 0 Å². The third-order valence-corrected chi connectivity index (χ3v) is 5.19. The van der Waals surface area contributed by atoms with E-state index < -0.39 is 0 Å². The van der Waals surface area contributed by atoms with Gasteiger partial charge < -0.3 is 4.90 Å². The number of carbonyl (C=O) groups excluding carboxylic acids is 1. The molecule has 0 unspecified atom stereocenters. The van der Waals surface area contributed by atoms with Crippen molar-refractivity contribution in [1.82, 2.24) is 4.90 Å². The second kappa shape index (κ2) is 3.75. The summed E-state index contributed by atoms with van der Waals surface area (Å²) in [6.45, 7) is 10.9. The van der Waals surface area contributed by atoms with Crippen molar-refractivity contribution in [2.45, 2.75) is 53.4 Å². The Morgan fingerprint density at radius 2 is 1.38 bits per heavy atom. The molecule has 1 aliphatic heterocycles. The van der Waals surface area contributed by atoms with Crippen molar-refractivity contribution >= 4 is 5.91 Å². The predicted octanol–water partition coefficient (Wildman–Crippen LogP) is 3.07. The molecular weight excluding hydrogens is 198 g/mol. The highest BCUT2D eigenvalue weighted by atomic mass is 16.2. The monoisotopic (exact) mass is 223 g/mol. The van der Waals surface area contributed by atoms with E-state index >= 15 is 0 Å². The Kier molecular flexibility index (Phi) is 2.80. The molecule has 0 spiro atoms. The van der Waals surface area contributed by atoms with Gasteiger partial charge in [0, 0.05) is 19.0 Å². The summed E-state index contributed by atoms with van der Waals surface area (Å²) >= 11 is 0. The van der Waals surface area contributed by atoms with Gasteiger partial charge in [0.25, 0.3) is 0 Å². The highest BCUT2D eigenvalue weighted by Crippen LogP contribution is 2.68. The van der Waals surface area contributed by atoms with E-state index in [-0.39, 0.29) is 16.7 Å². The van der Waals surface area contributed by atoms with E-state index in [1.54, 1.807) is 0 Å². The first-order valence-electron chi connectivity index (χ1n) is 6.68. The fourth-order valence-corrected chi connectivity index (χ4v) is 3.29. The Hall–Kier alpha value is -0.530. The van der Waals surface area contributed by atoms with Gasteiger partial charge in [-0.15, -0.1) is 0 Å². The normalized spacial score (nSPS) is 28.6. The van der Waals surface area contributed by atoms with Crippen molar-refractivity contribution < 1.29 is 4.79 Å². The summed E-state index contributed by atoms with van der Waals surface area (Å²) in [5.74, 6) is 0.662. The molecule has 1 saturated heterocycles. The Morgan fingerprint density at radius 1 is 0.938 bits per heavy atom. The molecule has 0 bridgehead atoms. The number of hydrogen-bond donors (Lipinski definition) is 0. The summed E-state index contributed by atoms with van der Waals surface area (Å²) in [5.41, 5.74) is 0.382. The lowest BCUT2D eigenvalue weighted by Crippen LogP contribution is -2.34. The van der Waals surface area contributed by atoms with E-state index in [1.165, 1.54) is 25.7 Å². The van der Waals surface area contributed by atoms with E-state index in [0.717, 1.165) is 13.1 Å². The summed E-state index contributed by atoms with van der Waals surface area (Å²) in [6.07, 6.45) is 4.97. The third kappa shape index (κ3) is 1.66. The van der Waals surface area contributed by atoms with Crippen LogP contribution in [0.3, 0.4) is 0 Å². The zero-order chi connectivity index (χ0) is 12.0. The Balaban J connectivity index is 2.03. The lowest BCUT2D eigenvalue weighted by Gasteiger charge is -2.21. The summed E-state index contributed by atoms with van der Waals surface area (Å²) in [7, 11) is 0. The van der Waals surface area contributed by atoms with Gasteiger partial charge in [0.05, 0.1) is 0 Å². The van der Waals surface area contributed by atoms with Gasteiger partial charge in [-0.05, 0) is 23.7 Å². The van der Waals surface area contributed by atoms with Crippen LogP contribution in [0, 0.1) is 16.7 Å². The molecule has 1 saturated carbocycles. The molecule has 0 aromatic rings. The third-order valence-electron chi connectivity index (χ3n) is 5.19. The average Bonchev–Trinajstić information content (AvgIpc) is 2.73. The van der Waals surface area contributed by atoms with Gasteiger partial charge in [0.2, 0.25) is 5.91 Å². The number of likely N-dealkylation sites (tertiary alicyclic amines) is 1. The number of nitrogens with zero attached hydrogens (tertiary/aromatic N) is 1. The summed E-state index contributed by atoms with van der Waals surface area (Å²) in [5, 5.41) is 0. The van der Waals surface area contributed by atoms with Crippen molar-refractivity contribution in [2.75, 3.05) is 13.1 Å². The highest BCUT2D eigenvalue weighted by molar-refractivity contribution is 5.84. The van der Waals surface area contributed by atoms with Crippen LogP contribution in [0.5, 0.6) is 0 Å². The van der Waals surface area contributed by atoms with E-state index in [0.29, 0.717) is 5.91 Å². The molecule has 0 aromatic heterocycles. The van der Waals surface area contributed by atoms with Crippen molar-refractivity contribution in [3.8, 4) is 0 Å². The Morgan fingerprint density at radius 3 is 1.75 bits per heavy atom. The molecule has 1 amide bonds. The quantitative estimate of drug-likeness (QED) is 0.669. The molecule has 1 aliphatic carbocycles. The molecule has 1 heterocycles. The molecule has 2 fully saturated rings. The summed E-state index contributed by atoms with van der Waals surface area (Å²) in [6, 6.07) is 0. The predicted molar refractivity (Wildman–Crippen MR) is 66.1 cm³/mol. The molecule has 0 aromatic carbocycles. The van der Waals surface area contributed by atoms with Crippen LogP contribution in [-0.2, 0) is 4.79 Å². The number of hydrogen-bond acceptors (Lipinski definition) is 1. The van der Waals surface area contributed by atoms with Crippen LogP contribution < -0.4 is 0 Å². The largest absolute Gasteiger partial charge is 0.342 e. The van der Waals surface area contributed by atoms with Crippen LogP contribution >= 0.6 is 0 Å². The van der Waals surface area contributed by atoms with Gasteiger partial charge in [0.15, 0.2) is 0 Å². The van der Waals surface area contributed by atoms with Crippen molar-refractivity contribution in [2.24, 2.45) is 16.7 Å². The van der Waals surface area contributed by atoms with Gasteiger partial charge >= 0.3 is 0 Å². The zero-order valence-electron chi connectivity index (χ0n) is 11.2. The molecule has 2 nitrogen and oxygen atoms in total. The van der Waals surface area contributed by atoms with Gasteiger partial charge in [-0.25, -0.2) is 0 Å². The van der Waals surface area contributed by atoms with Crippen LogP contribution in [0.25, 0.3) is 0 Å². The van der Waals surface area contributed by atoms with Crippen molar-refractivity contribution in [3.63, 3.8) is 0 Å². The second-order valence-corrected chi connectivity index (χ2v) is 6.62. The Bertz CT molecular complexity index is 271. The second-order valence-electron chi connectivity index (χ2n) is 6.62. The maximum atomic E-state index is 12.5. The minimum Gasteiger partial charge on any atom is -0.342 e. The lowest BCUT2D eigenvalue weighted by molar-refractivity contribution is -0.133. The summed E-state index contributed by atoms with van der Waals surface area (Å²) in [4.78, 5) is 14.6. The van der Waals surface area contributed by atoms with E-state index in [9.17, 15) is 4.79 Å². The number of carbonyl (C=O) groups is 1. The molecule has 2 aliphatic rings. The van der Waals surface area contributed by atoms with E-state index in [4.69, 9.17) is 0 Å². The highest BCUT2D eigenvalue weighted by Gasteiger charge is 2.68. The number of rotatable bonds is 1. The SMILES string of the molecule is CC1(C)C(C(=O)N2CCCCCC2)C1(C)C. The van der Waals surface area contributed by atoms with Gasteiger partial charge in [0.1, 0.15) is 0 Å². The molecule has 2 rings (SSSR count). The average molecular weight is 223 g/mol. The first-order chi connectivity index (χ1) is 7.39. The maximum Gasteiger partial charge on any atom is 0.226 e. The van der Waals surface area contributed by atoms with E-state index in [2.05, 4.69) is 32.6 Å². The minimum atomic E-state index is 0.191. The molecule has 92 valence electrons. The van der Waals surface area contributed by atoms with Crippen LogP contribution in [-0.4, -0.2) is 23.9 Å². The fourth-order valence-electron chi connectivity index (χ4n) is 3.29. The van der Waals surface area contributed by atoms with Crippen LogP contribution in [0.2, 0.25) is 0 Å². The molecule has 0 atom stereocenters. The molecule has 2 heteroatoms. The van der Waals surface area contributed by atoms with Crippen molar-refractivity contribution in [1.29, 1.82) is 0 Å². The molecule has 16 heavy (non-hydrogen) atoms. The van der Waals surface area contributed by atoms with Gasteiger partial charge in [-0.1, -0.05) is 40.5 Å². The Labute approximate surface area is 99.4 Å². The zero-order valence-corrected chi connectivity index (χ0v) is 11.2. The fraction of sp³-hybridized carbons (Fsp3) is 0.929. The topological polar surface area (TPSA) is 20.3 Å². The smallest absolute Gasteiger partial charge is 0.226 e. The molecular formula is C14H25NO. The lowest BCUT2D eigenvalue weighted by atomic mass is 10.0. The first-order valence-corrected chi connectivity index (χ1v) is 6.68. The van der Waals surface area contributed by atoms with Crippen LogP contribution in [0.1, 0.15) is 53.4 Å². The summed E-state index contributed by atoms with van der Waals surface area (Å²) < 4.78 is 0. The van der Waals surface area contributed by atoms with Gasteiger partial charge in [-0.2, -0.15) is 0 Å². The van der Waals surface area contributed by atoms with Crippen LogP contribution in [0.4, 0.5) is 0 Å². The van der Waals surface area contributed by atoms with Gasteiger partial charge in [-0.3, -0.25) is 4.79 Å². The minimum absolute atomic E-state index is 0.191. The first kappa shape index (κ1) is 11.9. The van der Waals surface area contributed by atoms with E-state index in [1.807, 2.05) is 0 Å². The standard InChI is InChI=1S/C14H25NO/c1-13(2)11(14(13,3)4)12(16)15-9-7-5-6-8-10-15/h11H,5-10H2,1-4H3. The number of amides is 1.